The van der Waals surface area contributed by atoms with E-state index >= 15 is 0 Å². The maximum absolute atomic E-state index is 12.4. The minimum atomic E-state index is -3.67. The minimum absolute atomic E-state index is 0. The summed E-state index contributed by atoms with van der Waals surface area (Å²) in [7, 11) is -3.67. The zero-order chi connectivity index (χ0) is 31.8. The van der Waals surface area contributed by atoms with Crippen molar-refractivity contribution in [3.63, 3.8) is 0 Å². The Morgan fingerprint density at radius 2 is 1.23 bits per heavy atom. The summed E-state index contributed by atoms with van der Waals surface area (Å²) in [6.07, 6.45) is -0.0635. The molecule has 0 amide bonds. The fourth-order valence-corrected chi connectivity index (χ4v) is 5.55. The van der Waals surface area contributed by atoms with Crippen LogP contribution in [0, 0.1) is 39.9 Å². The first-order chi connectivity index (χ1) is 20.3. The molecular formula is C27H42GdN5O10S. The number of benzene rings is 1. The van der Waals surface area contributed by atoms with Crippen molar-refractivity contribution in [2.45, 2.75) is 12.7 Å². The van der Waals surface area contributed by atoms with Gasteiger partial charge in [-0.3, -0.25) is 19.6 Å². The maximum Gasteiger partial charge on any atom is 3.00 e. The van der Waals surface area contributed by atoms with Crippen LogP contribution in [0.1, 0.15) is 5.56 Å². The van der Waals surface area contributed by atoms with Crippen LogP contribution in [0.3, 0.4) is 0 Å². The van der Waals surface area contributed by atoms with Crippen LogP contribution in [-0.2, 0) is 35.8 Å². The van der Waals surface area contributed by atoms with E-state index in [1.807, 2.05) is 35.2 Å². The Balaban J connectivity index is 0.00000968. The smallest absolute Gasteiger partial charge is 0.549 e. The van der Waals surface area contributed by atoms with E-state index in [1.54, 1.807) is 14.7 Å². The van der Waals surface area contributed by atoms with Gasteiger partial charge in [-0.1, -0.05) is 30.3 Å². The van der Waals surface area contributed by atoms with E-state index < -0.39 is 53.7 Å². The predicted molar refractivity (Wildman–Crippen MR) is 149 cm³/mol. The molecule has 1 aliphatic rings. The molecule has 1 radical (unpaired) electrons. The second-order valence-corrected chi connectivity index (χ2v) is 12.5. The number of aliphatic carboxylic acids is 3. The third-order valence-corrected chi connectivity index (χ3v) is 8.21. The summed E-state index contributed by atoms with van der Waals surface area (Å²) in [5, 5.41) is 44.8. The Kier molecular flexibility index (Phi) is 19.8. The van der Waals surface area contributed by atoms with E-state index in [0.717, 1.165) is 16.1 Å². The number of rotatable bonds is 16. The summed E-state index contributed by atoms with van der Waals surface area (Å²) in [5.74, 6) is -3.91. The fourth-order valence-electron chi connectivity index (χ4n) is 4.70. The largest absolute Gasteiger partial charge is 3.00 e. The van der Waals surface area contributed by atoms with E-state index in [-0.39, 0.29) is 119 Å². The van der Waals surface area contributed by atoms with Gasteiger partial charge >= 0.3 is 39.9 Å². The van der Waals surface area contributed by atoms with Gasteiger partial charge in [0.15, 0.2) is 0 Å². The number of carbonyl (C=O) groups is 3. The number of β-amino-alcohol motifs (C(OH)–C–C–N with tert-alkyl or cyclic N) is 1. The zero-order valence-electron chi connectivity index (χ0n) is 24.9. The molecule has 1 aromatic carbocycles. The zero-order valence-corrected chi connectivity index (χ0v) is 28.0. The van der Waals surface area contributed by atoms with Crippen molar-refractivity contribution in [3.8, 4) is 0 Å². The Bertz CT molecular complexity index is 1090. The van der Waals surface area contributed by atoms with Crippen molar-refractivity contribution in [2.75, 3.05) is 104 Å². The Morgan fingerprint density at radius 3 is 1.61 bits per heavy atom. The molecule has 0 spiro atoms. The minimum Gasteiger partial charge on any atom is -0.549 e. The van der Waals surface area contributed by atoms with Crippen molar-refractivity contribution < 1.29 is 87.9 Å². The Hall–Kier alpha value is -1.38. The van der Waals surface area contributed by atoms with E-state index in [0.29, 0.717) is 6.61 Å². The molecule has 1 fully saturated rings. The van der Waals surface area contributed by atoms with Crippen molar-refractivity contribution in [3.05, 3.63) is 35.9 Å². The molecule has 0 aliphatic carbocycles. The number of carboxylic acids is 3. The summed E-state index contributed by atoms with van der Waals surface area (Å²) >= 11 is 0. The summed E-state index contributed by atoms with van der Waals surface area (Å²) in [6, 6.07) is 9.40. The van der Waals surface area contributed by atoms with Crippen molar-refractivity contribution >= 4 is 27.9 Å². The second-order valence-electron chi connectivity index (χ2n) is 10.6. The molecule has 44 heavy (non-hydrogen) atoms. The van der Waals surface area contributed by atoms with Crippen molar-refractivity contribution in [1.82, 2.24) is 23.9 Å². The van der Waals surface area contributed by atoms with Gasteiger partial charge in [-0.15, -0.1) is 0 Å². The number of carbonyl (C=O) groups excluding carboxylic acids is 3. The third kappa shape index (κ3) is 17.9. The molecule has 1 atom stereocenters. The number of hydrogen-bond donors (Lipinski definition) is 1. The van der Waals surface area contributed by atoms with Crippen LogP contribution in [0.25, 0.3) is 0 Å². The van der Waals surface area contributed by atoms with Crippen LogP contribution in [-0.4, -0.2) is 166 Å². The predicted octanol–water partition coefficient (Wildman–Crippen LogP) is -5.70. The number of aliphatic hydroxyl groups is 1. The van der Waals surface area contributed by atoms with Gasteiger partial charge in [-0.05, 0) is 5.56 Å². The summed E-state index contributed by atoms with van der Waals surface area (Å²) in [4.78, 5) is 40.4. The first-order valence-corrected chi connectivity index (χ1v) is 15.9. The van der Waals surface area contributed by atoms with Crippen LogP contribution < -0.4 is 15.3 Å². The normalized spacial score (nSPS) is 17.7. The van der Waals surface area contributed by atoms with Gasteiger partial charge in [0.05, 0.1) is 43.5 Å². The number of ether oxygens (including phenoxy) is 1. The SMILES string of the molecule is CS(=O)(=O)N(CCOCc1ccccc1)CC(O)CN1CCN(CC(=O)[O-])CCN(CC(=O)[O-])CCN(CC(=O)[O-])CC1.[Gd+3]. The number of carboxylic acid groups (broad SMARTS) is 3. The van der Waals surface area contributed by atoms with Gasteiger partial charge in [-0.2, -0.15) is 4.31 Å². The van der Waals surface area contributed by atoms with Gasteiger partial charge in [0.1, 0.15) is 0 Å². The first-order valence-electron chi connectivity index (χ1n) is 14.1. The number of aliphatic hydroxyl groups excluding tert-OH is 1. The molecule has 0 saturated carbocycles. The van der Waals surface area contributed by atoms with Crippen molar-refractivity contribution in [1.29, 1.82) is 0 Å². The molecule has 0 aromatic heterocycles. The standard InChI is InChI=1S/C27H45N5O10S.Gd/c1-43(40,41)32(15-16-42-22-23-5-3-2-4-6-23)18-24(33)17-28-7-9-29(19-25(34)35)11-13-31(21-27(38)39)14-12-30(10-8-28)20-26(36)37;/h2-6,24,33H,7-22H2,1H3,(H,34,35)(H,36,37)(H,38,39);/q;+3/p-3. The van der Waals surface area contributed by atoms with Crippen molar-refractivity contribution in [2.24, 2.45) is 0 Å². The maximum atomic E-state index is 12.4. The van der Waals surface area contributed by atoms with Crippen LogP contribution in [0.15, 0.2) is 30.3 Å². The van der Waals surface area contributed by atoms with Crippen LogP contribution >= 0.6 is 0 Å². The van der Waals surface area contributed by atoms with Crippen LogP contribution in [0.4, 0.5) is 0 Å². The molecule has 1 aromatic rings. The summed E-state index contributed by atoms with van der Waals surface area (Å²) in [6.45, 7) is 0.874. The van der Waals surface area contributed by atoms with Crippen LogP contribution in [0.5, 0.6) is 0 Å². The fraction of sp³-hybridized carbons (Fsp3) is 0.667. The average Bonchev–Trinajstić information content (AvgIpc) is 2.91. The molecule has 17 heteroatoms. The van der Waals surface area contributed by atoms with Crippen LogP contribution in [0.2, 0.25) is 0 Å². The van der Waals surface area contributed by atoms with E-state index in [2.05, 4.69) is 0 Å². The van der Waals surface area contributed by atoms with Gasteiger partial charge in [0.2, 0.25) is 10.0 Å². The quantitative estimate of drug-likeness (QED) is 0.156. The van der Waals surface area contributed by atoms with Gasteiger partial charge in [0, 0.05) is 91.6 Å². The van der Waals surface area contributed by atoms with E-state index in [4.69, 9.17) is 4.74 Å². The molecule has 1 unspecified atom stereocenters. The number of hydrogen-bond acceptors (Lipinski definition) is 14. The Morgan fingerprint density at radius 1 is 0.818 bits per heavy atom. The van der Waals surface area contributed by atoms with Gasteiger partial charge < -0.3 is 39.5 Å². The Labute approximate surface area is 291 Å². The molecule has 0 bridgehead atoms. The molecular weight excluding hydrogens is 744 g/mol. The number of sulfonamides is 1. The molecule has 1 N–H and O–H groups in total. The van der Waals surface area contributed by atoms with E-state index in [1.165, 1.54) is 0 Å². The number of nitrogens with zero attached hydrogens (tertiary/aromatic N) is 5. The first kappa shape index (κ1) is 40.6. The average molecular weight is 786 g/mol. The molecule has 1 heterocycles. The topological polar surface area (TPSA) is 200 Å². The van der Waals surface area contributed by atoms with E-state index in [9.17, 15) is 43.2 Å². The molecule has 15 nitrogen and oxygen atoms in total. The molecule has 249 valence electrons. The molecule has 1 saturated heterocycles. The molecule has 2 rings (SSSR count). The van der Waals surface area contributed by atoms with Gasteiger partial charge in [-0.25, -0.2) is 8.42 Å². The second kappa shape index (κ2) is 21.4. The summed E-state index contributed by atoms with van der Waals surface area (Å²) < 4.78 is 31.6. The summed E-state index contributed by atoms with van der Waals surface area (Å²) in [5.41, 5.74) is 0.941. The monoisotopic (exact) mass is 786 g/mol. The molecule has 1 aliphatic heterocycles. The van der Waals surface area contributed by atoms with Gasteiger partial charge in [0.25, 0.3) is 0 Å². The third-order valence-electron chi connectivity index (χ3n) is 6.94.